The van der Waals surface area contributed by atoms with Crippen molar-refractivity contribution >= 4 is 11.5 Å². The van der Waals surface area contributed by atoms with Crippen LogP contribution in [0.4, 0.5) is 11.5 Å². The number of anilines is 2. The first-order chi connectivity index (χ1) is 7.49. The third-order valence-electron chi connectivity index (χ3n) is 2.30. The summed E-state index contributed by atoms with van der Waals surface area (Å²) in [6, 6.07) is 1.89. The highest BCUT2D eigenvalue weighted by atomic mass is 15.4. The molecule has 0 unspecified atom stereocenters. The van der Waals surface area contributed by atoms with Crippen LogP contribution in [-0.2, 0) is 0 Å². The van der Waals surface area contributed by atoms with Gasteiger partial charge in [0.1, 0.15) is 0 Å². The average Bonchev–Trinajstić information content (AvgIpc) is 2.44. The molecule has 0 aliphatic carbocycles. The molecule has 0 amide bonds. The van der Waals surface area contributed by atoms with E-state index in [9.17, 15) is 0 Å². The normalized spacial score (nSPS) is 10.7. The van der Waals surface area contributed by atoms with Crippen molar-refractivity contribution in [1.82, 2.24) is 19.7 Å². The van der Waals surface area contributed by atoms with Crippen molar-refractivity contribution in [3.63, 3.8) is 0 Å². The second kappa shape index (κ2) is 3.48. The minimum absolute atomic E-state index is 0.377. The van der Waals surface area contributed by atoms with Crippen molar-refractivity contribution < 1.29 is 0 Å². The van der Waals surface area contributed by atoms with Gasteiger partial charge in [0.2, 0.25) is 0 Å². The largest absolute Gasteiger partial charge is 0.394 e. The van der Waals surface area contributed by atoms with Crippen LogP contribution < -0.4 is 11.5 Å². The summed E-state index contributed by atoms with van der Waals surface area (Å²) in [6.45, 7) is 5.59. The van der Waals surface area contributed by atoms with Crippen molar-refractivity contribution in [2.75, 3.05) is 11.5 Å². The number of aryl methyl sites for hydroxylation is 3. The minimum atomic E-state index is 0.377. The second-order valence-electron chi connectivity index (χ2n) is 3.75. The van der Waals surface area contributed by atoms with Gasteiger partial charge in [-0.05, 0) is 26.8 Å². The Morgan fingerprint density at radius 2 is 1.62 bits per heavy atom. The summed E-state index contributed by atoms with van der Waals surface area (Å²) in [5, 5.41) is 4.20. The number of aromatic nitrogens is 4. The van der Waals surface area contributed by atoms with Gasteiger partial charge in [-0.2, -0.15) is 9.78 Å². The lowest BCUT2D eigenvalue weighted by atomic mass is 10.3. The van der Waals surface area contributed by atoms with Crippen molar-refractivity contribution in [2.45, 2.75) is 20.8 Å². The molecule has 0 atom stereocenters. The fraction of sp³-hybridized carbons (Fsp3) is 0.300. The summed E-state index contributed by atoms with van der Waals surface area (Å²) in [4.78, 5) is 8.55. The van der Waals surface area contributed by atoms with Crippen LogP contribution in [0.1, 0.15) is 17.1 Å². The van der Waals surface area contributed by atoms with E-state index in [4.69, 9.17) is 11.5 Å². The first kappa shape index (κ1) is 10.4. The van der Waals surface area contributed by atoms with Crippen LogP contribution in [0.3, 0.4) is 0 Å². The van der Waals surface area contributed by atoms with Gasteiger partial charge in [0.25, 0.3) is 5.95 Å². The molecular formula is C10H14N6. The Morgan fingerprint density at radius 3 is 2.06 bits per heavy atom. The van der Waals surface area contributed by atoms with Crippen LogP contribution in [0, 0.1) is 20.8 Å². The van der Waals surface area contributed by atoms with E-state index in [0.29, 0.717) is 23.1 Å². The predicted molar refractivity (Wildman–Crippen MR) is 62.2 cm³/mol. The van der Waals surface area contributed by atoms with E-state index in [1.807, 2.05) is 19.9 Å². The molecule has 0 spiro atoms. The third-order valence-corrected chi connectivity index (χ3v) is 2.30. The van der Waals surface area contributed by atoms with Gasteiger partial charge < -0.3 is 11.5 Å². The second-order valence-corrected chi connectivity index (χ2v) is 3.75. The van der Waals surface area contributed by atoms with E-state index in [0.717, 1.165) is 11.4 Å². The van der Waals surface area contributed by atoms with E-state index in [1.165, 1.54) is 4.68 Å². The van der Waals surface area contributed by atoms with E-state index in [-0.39, 0.29) is 0 Å². The summed E-state index contributed by atoms with van der Waals surface area (Å²) < 4.78 is 1.46. The number of nitrogen functional groups attached to an aromatic ring is 2. The Balaban J connectivity index is 2.62. The van der Waals surface area contributed by atoms with Gasteiger partial charge in [0, 0.05) is 11.4 Å². The fourth-order valence-electron chi connectivity index (χ4n) is 1.51. The standard InChI is InChI=1S/C10H14N6/c1-5-4-6(2)14-10(13-5)16-9(12)8(11)7(3)15-16/h4H,11-12H2,1-3H3. The van der Waals surface area contributed by atoms with Crippen LogP contribution in [-0.4, -0.2) is 19.7 Å². The Hall–Kier alpha value is -2.11. The first-order valence-electron chi connectivity index (χ1n) is 4.92. The van der Waals surface area contributed by atoms with E-state index in [2.05, 4.69) is 15.1 Å². The van der Waals surface area contributed by atoms with Gasteiger partial charge >= 0.3 is 0 Å². The highest BCUT2D eigenvalue weighted by molar-refractivity contribution is 5.63. The van der Waals surface area contributed by atoms with Crippen molar-refractivity contribution in [1.29, 1.82) is 0 Å². The summed E-state index contributed by atoms with van der Waals surface area (Å²) in [5.41, 5.74) is 14.5. The molecule has 4 N–H and O–H groups in total. The average molecular weight is 218 g/mol. The van der Waals surface area contributed by atoms with Gasteiger partial charge in [-0.1, -0.05) is 0 Å². The van der Waals surface area contributed by atoms with Crippen molar-refractivity contribution in [3.05, 3.63) is 23.1 Å². The Morgan fingerprint density at radius 1 is 1.06 bits per heavy atom. The Bertz CT molecular complexity index is 522. The van der Waals surface area contributed by atoms with E-state index >= 15 is 0 Å². The molecule has 0 aliphatic rings. The molecule has 0 bridgehead atoms. The number of nitrogens with two attached hydrogens (primary N) is 2. The summed E-state index contributed by atoms with van der Waals surface area (Å²) >= 11 is 0. The molecule has 0 aliphatic heterocycles. The van der Waals surface area contributed by atoms with Crippen LogP contribution in [0.5, 0.6) is 0 Å². The maximum atomic E-state index is 5.83. The van der Waals surface area contributed by atoms with Crippen LogP contribution in [0.2, 0.25) is 0 Å². The van der Waals surface area contributed by atoms with Gasteiger partial charge in [-0.15, -0.1) is 0 Å². The van der Waals surface area contributed by atoms with E-state index < -0.39 is 0 Å². The number of hydrogen-bond donors (Lipinski definition) is 2. The summed E-state index contributed by atoms with van der Waals surface area (Å²) in [7, 11) is 0. The lowest BCUT2D eigenvalue weighted by Gasteiger charge is -2.04. The highest BCUT2D eigenvalue weighted by Gasteiger charge is 2.13. The molecule has 2 aromatic rings. The third kappa shape index (κ3) is 1.58. The molecule has 0 aromatic carbocycles. The monoisotopic (exact) mass is 218 g/mol. The van der Waals surface area contributed by atoms with Gasteiger partial charge in [0.05, 0.1) is 11.4 Å². The lowest BCUT2D eigenvalue weighted by Crippen LogP contribution is -2.08. The zero-order valence-electron chi connectivity index (χ0n) is 9.52. The molecular weight excluding hydrogens is 204 g/mol. The Kier molecular flexibility index (Phi) is 2.26. The molecule has 0 saturated heterocycles. The smallest absolute Gasteiger partial charge is 0.252 e. The highest BCUT2D eigenvalue weighted by Crippen LogP contribution is 2.20. The molecule has 6 nitrogen and oxygen atoms in total. The molecule has 84 valence electrons. The van der Waals surface area contributed by atoms with Crippen LogP contribution >= 0.6 is 0 Å². The molecule has 6 heteroatoms. The summed E-state index contributed by atoms with van der Waals surface area (Å²) in [5.74, 6) is 0.831. The zero-order chi connectivity index (χ0) is 11.9. The molecule has 2 rings (SSSR count). The van der Waals surface area contributed by atoms with Gasteiger partial charge in [0.15, 0.2) is 5.82 Å². The SMILES string of the molecule is Cc1cc(C)nc(-n2nc(C)c(N)c2N)n1. The molecule has 2 heterocycles. The maximum Gasteiger partial charge on any atom is 0.252 e. The van der Waals surface area contributed by atoms with Crippen molar-refractivity contribution in [2.24, 2.45) is 0 Å². The predicted octanol–water partition coefficient (Wildman–Crippen LogP) is 0.752. The number of hydrogen-bond acceptors (Lipinski definition) is 5. The first-order valence-corrected chi connectivity index (χ1v) is 4.92. The lowest BCUT2D eigenvalue weighted by molar-refractivity contribution is 0.792. The Labute approximate surface area is 93.3 Å². The van der Waals surface area contributed by atoms with Crippen LogP contribution in [0.25, 0.3) is 5.95 Å². The number of nitrogens with zero attached hydrogens (tertiary/aromatic N) is 4. The molecule has 2 aromatic heterocycles. The van der Waals surface area contributed by atoms with Crippen molar-refractivity contribution in [3.8, 4) is 5.95 Å². The molecule has 0 saturated carbocycles. The zero-order valence-corrected chi connectivity index (χ0v) is 9.52. The minimum Gasteiger partial charge on any atom is -0.394 e. The maximum absolute atomic E-state index is 5.83. The molecule has 0 fully saturated rings. The quantitative estimate of drug-likeness (QED) is 0.736. The molecule has 0 radical (unpaired) electrons. The fourth-order valence-corrected chi connectivity index (χ4v) is 1.51. The number of rotatable bonds is 1. The van der Waals surface area contributed by atoms with Gasteiger partial charge in [-0.3, -0.25) is 0 Å². The molecule has 16 heavy (non-hydrogen) atoms. The van der Waals surface area contributed by atoms with E-state index in [1.54, 1.807) is 6.92 Å². The van der Waals surface area contributed by atoms with Crippen LogP contribution in [0.15, 0.2) is 6.07 Å². The topological polar surface area (TPSA) is 95.6 Å². The van der Waals surface area contributed by atoms with Gasteiger partial charge in [-0.25, -0.2) is 9.97 Å². The summed E-state index contributed by atoms with van der Waals surface area (Å²) in [6.07, 6.45) is 0.